The quantitative estimate of drug-likeness (QED) is 0.869. The Bertz CT molecular complexity index is 478. The van der Waals surface area contributed by atoms with Crippen LogP contribution in [-0.4, -0.2) is 26.4 Å². The Balaban J connectivity index is 1.74. The van der Waals surface area contributed by atoms with Crippen LogP contribution in [0.25, 0.3) is 11.6 Å². The van der Waals surface area contributed by atoms with Gasteiger partial charge < -0.3 is 9.73 Å². The van der Waals surface area contributed by atoms with Crippen LogP contribution in [0.15, 0.2) is 22.7 Å². The number of hydrogen-bond acceptors (Lipinski definition) is 6. The standard InChI is InChI=1S/C11H13N5O/c1-2-5-8(4-1)13-11-16-15-10(17-11)9-6-3-7-12-14-9/h3,6-8H,1-2,4-5H2,(H,13,16). The van der Waals surface area contributed by atoms with Crippen molar-refractivity contribution in [2.24, 2.45) is 0 Å². The molecule has 2 aromatic heterocycles. The van der Waals surface area contributed by atoms with Crippen LogP contribution in [0.1, 0.15) is 25.7 Å². The van der Waals surface area contributed by atoms with Gasteiger partial charge in [-0.2, -0.15) is 5.10 Å². The maximum absolute atomic E-state index is 5.50. The summed E-state index contributed by atoms with van der Waals surface area (Å²) in [4.78, 5) is 0. The predicted octanol–water partition coefficient (Wildman–Crippen LogP) is 1.88. The van der Waals surface area contributed by atoms with Gasteiger partial charge in [-0.1, -0.05) is 17.9 Å². The van der Waals surface area contributed by atoms with E-state index in [2.05, 4.69) is 25.7 Å². The van der Waals surface area contributed by atoms with Crippen molar-refractivity contribution >= 4 is 6.01 Å². The summed E-state index contributed by atoms with van der Waals surface area (Å²) in [6.45, 7) is 0. The lowest BCUT2D eigenvalue weighted by atomic mass is 10.3. The number of anilines is 1. The first-order valence-corrected chi connectivity index (χ1v) is 5.80. The van der Waals surface area contributed by atoms with Crippen LogP contribution in [0, 0.1) is 0 Å². The van der Waals surface area contributed by atoms with E-state index in [0.717, 1.165) is 0 Å². The van der Waals surface area contributed by atoms with Crippen LogP contribution in [0.2, 0.25) is 0 Å². The second-order valence-electron chi connectivity index (χ2n) is 4.15. The molecule has 0 atom stereocenters. The van der Waals surface area contributed by atoms with E-state index >= 15 is 0 Å². The SMILES string of the molecule is c1cnnc(-c2nnc(NC3CCCC3)o2)c1. The maximum atomic E-state index is 5.50. The summed E-state index contributed by atoms with van der Waals surface area (Å²) in [5.41, 5.74) is 0.597. The van der Waals surface area contributed by atoms with Crippen LogP contribution < -0.4 is 5.32 Å². The van der Waals surface area contributed by atoms with E-state index in [1.54, 1.807) is 18.3 Å². The van der Waals surface area contributed by atoms with Gasteiger partial charge in [0, 0.05) is 12.2 Å². The Labute approximate surface area is 98.5 Å². The van der Waals surface area contributed by atoms with Crippen molar-refractivity contribution in [1.82, 2.24) is 20.4 Å². The molecule has 0 saturated heterocycles. The average Bonchev–Trinajstić information content (AvgIpc) is 3.02. The summed E-state index contributed by atoms with van der Waals surface area (Å²) in [5.74, 6) is 0.401. The Morgan fingerprint density at radius 2 is 2.06 bits per heavy atom. The highest BCUT2D eigenvalue weighted by atomic mass is 16.4. The highest BCUT2D eigenvalue weighted by Gasteiger charge is 2.17. The summed E-state index contributed by atoms with van der Waals surface area (Å²) in [6.07, 6.45) is 6.48. The molecule has 0 aliphatic heterocycles. The zero-order valence-electron chi connectivity index (χ0n) is 9.33. The van der Waals surface area contributed by atoms with Gasteiger partial charge in [-0.3, -0.25) is 0 Å². The molecule has 17 heavy (non-hydrogen) atoms. The van der Waals surface area contributed by atoms with Gasteiger partial charge in [-0.05, 0) is 25.0 Å². The molecule has 0 radical (unpaired) electrons. The summed E-state index contributed by atoms with van der Waals surface area (Å²) in [7, 11) is 0. The largest absolute Gasteiger partial charge is 0.402 e. The number of aromatic nitrogens is 4. The summed E-state index contributed by atoms with van der Waals surface area (Å²) < 4.78 is 5.50. The van der Waals surface area contributed by atoms with Crippen LogP contribution in [0.3, 0.4) is 0 Å². The lowest BCUT2D eigenvalue weighted by molar-refractivity contribution is 0.563. The van der Waals surface area contributed by atoms with E-state index in [0.29, 0.717) is 23.6 Å². The number of nitrogens with one attached hydrogen (secondary N) is 1. The van der Waals surface area contributed by atoms with Gasteiger partial charge in [0.15, 0.2) is 0 Å². The van der Waals surface area contributed by atoms with Gasteiger partial charge in [-0.15, -0.1) is 10.2 Å². The maximum Gasteiger partial charge on any atom is 0.316 e. The third kappa shape index (κ3) is 2.25. The molecule has 1 N–H and O–H groups in total. The number of rotatable bonds is 3. The molecule has 2 aromatic rings. The molecule has 0 amide bonds. The molecule has 0 unspecified atom stereocenters. The molecule has 0 spiro atoms. The molecule has 6 heteroatoms. The fourth-order valence-corrected chi connectivity index (χ4v) is 2.05. The van der Waals surface area contributed by atoms with Crippen LogP contribution in [0.4, 0.5) is 6.01 Å². The van der Waals surface area contributed by atoms with Crippen LogP contribution in [0.5, 0.6) is 0 Å². The van der Waals surface area contributed by atoms with Crippen molar-refractivity contribution < 1.29 is 4.42 Å². The van der Waals surface area contributed by atoms with Crippen molar-refractivity contribution in [3.05, 3.63) is 18.3 Å². The van der Waals surface area contributed by atoms with Crippen LogP contribution >= 0.6 is 0 Å². The molecular weight excluding hydrogens is 218 g/mol. The highest BCUT2D eigenvalue weighted by molar-refractivity contribution is 5.45. The van der Waals surface area contributed by atoms with Gasteiger partial charge in [0.2, 0.25) is 0 Å². The van der Waals surface area contributed by atoms with Crippen molar-refractivity contribution in [2.45, 2.75) is 31.7 Å². The van der Waals surface area contributed by atoms with E-state index in [1.165, 1.54) is 25.7 Å². The van der Waals surface area contributed by atoms with E-state index < -0.39 is 0 Å². The van der Waals surface area contributed by atoms with E-state index in [9.17, 15) is 0 Å². The molecule has 1 saturated carbocycles. The molecule has 1 fully saturated rings. The van der Waals surface area contributed by atoms with Gasteiger partial charge in [0.1, 0.15) is 5.69 Å². The zero-order valence-corrected chi connectivity index (χ0v) is 9.33. The second-order valence-corrected chi connectivity index (χ2v) is 4.15. The molecule has 2 heterocycles. The highest BCUT2D eigenvalue weighted by Crippen LogP contribution is 2.23. The minimum Gasteiger partial charge on any atom is -0.402 e. The van der Waals surface area contributed by atoms with Crippen molar-refractivity contribution in [3.8, 4) is 11.6 Å². The molecule has 6 nitrogen and oxygen atoms in total. The molecule has 0 aromatic carbocycles. The summed E-state index contributed by atoms with van der Waals surface area (Å²) in [5, 5.41) is 18.8. The first kappa shape index (κ1) is 10.2. The summed E-state index contributed by atoms with van der Waals surface area (Å²) >= 11 is 0. The van der Waals surface area contributed by atoms with E-state index in [1.807, 2.05) is 0 Å². The first-order chi connectivity index (χ1) is 8.42. The molecule has 88 valence electrons. The average molecular weight is 231 g/mol. The molecule has 0 bridgehead atoms. The third-order valence-corrected chi connectivity index (χ3v) is 2.90. The van der Waals surface area contributed by atoms with Crippen LogP contribution in [-0.2, 0) is 0 Å². The lowest BCUT2D eigenvalue weighted by Crippen LogP contribution is -2.14. The lowest BCUT2D eigenvalue weighted by Gasteiger charge is -2.07. The van der Waals surface area contributed by atoms with Crippen molar-refractivity contribution in [2.75, 3.05) is 5.32 Å². The minimum absolute atomic E-state index is 0.401. The Hall–Kier alpha value is -1.98. The van der Waals surface area contributed by atoms with E-state index in [-0.39, 0.29) is 0 Å². The number of hydrogen-bond donors (Lipinski definition) is 1. The Morgan fingerprint density at radius 1 is 1.18 bits per heavy atom. The van der Waals surface area contributed by atoms with Gasteiger partial charge in [0.05, 0.1) is 0 Å². The Kier molecular flexibility index (Phi) is 2.69. The fraction of sp³-hybridized carbons (Fsp3) is 0.455. The van der Waals surface area contributed by atoms with Gasteiger partial charge >= 0.3 is 6.01 Å². The van der Waals surface area contributed by atoms with E-state index in [4.69, 9.17) is 4.42 Å². The monoisotopic (exact) mass is 231 g/mol. The molecule has 1 aliphatic carbocycles. The predicted molar refractivity (Wildman–Crippen MR) is 61.2 cm³/mol. The minimum atomic E-state index is 0.401. The van der Waals surface area contributed by atoms with Crippen molar-refractivity contribution in [1.29, 1.82) is 0 Å². The third-order valence-electron chi connectivity index (χ3n) is 2.90. The molecular formula is C11H13N5O. The smallest absolute Gasteiger partial charge is 0.316 e. The topological polar surface area (TPSA) is 76.7 Å². The normalized spacial score (nSPS) is 16.2. The number of nitrogens with zero attached hydrogens (tertiary/aromatic N) is 4. The zero-order chi connectivity index (χ0) is 11.5. The second kappa shape index (κ2) is 4.48. The molecule has 3 rings (SSSR count). The fourth-order valence-electron chi connectivity index (χ4n) is 2.05. The molecule has 1 aliphatic rings. The Morgan fingerprint density at radius 3 is 2.82 bits per heavy atom. The first-order valence-electron chi connectivity index (χ1n) is 5.80. The van der Waals surface area contributed by atoms with Crippen molar-refractivity contribution in [3.63, 3.8) is 0 Å². The summed E-state index contributed by atoms with van der Waals surface area (Å²) in [6, 6.07) is 4.51. The van der Waals surface area contributed by atoms with Gasteiger partial charge in [-0.25, -0.2) is 0 Å². The van der Waals surface area contributed by atoms with Gasteiger partial charge in [0.25, 0.3) is 5.89 Å².